The molecule has 1 saturated heterocycles. The number of rotatable bonds is 4. The van der Waals surface area contributed by atoms with Crippen LogP contribution < -0.4 is 0 Å². The predicted molar refractivity (Wildman–Crippen MR) is 116 cm³/mol. The van der Waals surface area contributed by atoms with Crippen molar-refractivity contribution in [1.82, 2.24) is 20.2 Å². The van der Waals surface area contributed by atoms with Gasteiger partial charge in [0.2, 0.25) is 9.84 Å². The molecule has 4 heterocycles. The third-order valence-electron chi connectivity index (χ3n) is 5.39. The third kappa shape index (κ3) is 3.17. The van der Waals surface area contributed by atoms with E-state index >= 15 is 0 Å². The molecule has 1 atom stereocenters. The lowest BCUT2D eigenvalue weighted by molar-refractivity contribution is 0.0126. The normalized spacial score (nSPS) is 17.4. The van der Waals surface area contributed by atoms with Crippen molar-refractivity contribution in [3.05, 3.63) is 59.1 Å². The number of H-pyrrole nitrogens is 2. The molecular formula is C21H19BrN4O3S. The van der Waals surface area contributed by atoms with Crippen molar-refractivity contribution in [1.29, 1.82) is 0 Å². The fraction of sp³-hybridized carbons (Fsp3) is 0.238. The van der Waals surface area contributed by atoms with Crippen LogP contribution in [0, 0.1) is 0 Å². The van der Waals surface area contributed by atoms with Crippen molar-refractivity contribution in [2.24, 2.45) is 0 Å². The van der Waals surface area contributed by atoms with Crippen LogP contribution in [0.5, 0.6) is 0 Å². The molecule has 3 aromatic heterocycles. The molecule has 0 radical (unpaired) electrons. The molecule has 1 fully saturated rings. The highest BCUT2D eigenvalue weighted by molar-refractivity contribution is 9.10. The molecular weight excluding hydrogens is 468 g/mol. The number of aromatic amines is 2. The van der Waals surface area contributed by atoms with Crippen LogP contribution in [0.4, 0.5) is 0 Å². The Labute approximate surface area is 181 Å². The molecule has 1 aliphatic heterocycles. The van der Waals surface area contributed by atoms with Gasteiger partial charge in [0.1, 0.15) is 5.65 Å². The minimum Gasteiger partial charge on any atom is -0.372 e. The third-order valence-corrected chi connectivity index (χ3v) is 8.11. The molecule has 1 aliphatic rings. The first-order valence-electron chi connectivity index (χ1n) is 9.68. The number of fused-ring (bicyclic) bond motifs is 1. The lowest BCUT2D eigenvalue weighted by Crippen LogP contribution is -2.12. The molecule has 0 spiro atoms. The van der Waals surface area contributed by atoms with Crippen LogP contribution in [0.3, 0.4) is 0 Å². The first-order chi connectivity index (χ1) is 14.6. The van der Waals surface area contributed by atoms with Crippen LogP contribution in [0.1, 0.15) is 31.1 Å². The van der Waals surface area contributed by atoms with E-state index in [-0.39, 0.29) is 15.9 Å². The van der Waals surface area contributed by atoms with Gasteiger partial charge in [-0.15, -0.1) is 0 Å². The van der Waals surface area contributed by atoms with Crippen molar-refractivity contribution >= 4 is 36.8 Å². The lowest BCUT2D eigenvalue weighted by atomic mass is 9.99. The number of aromatic nitrogens is 4. The van der Waals surface area contributed by atoms with Gasteiger partial charge in [-0.3, -0.25) is 5.10 Å². The SMILES string of the molecule is O=S(=O)(c1ccccc1)c1c(Br)cnc2[nH]cc(-c3cn[nH]c3C3CCCCO3)c12. The van der Waals surface area contributed by atoms with Crippen LogP contribution in [0.15, 0.2) is 63.2 Å². The van der Waals surface area contributed by atoms with Gasteiger partial charge in [-0.05, 0) is 47.3 Å². The average Bonchev–Trinajstić information content (AvgIpc) is 3.41. The van der Waals surface area contributed by atoms with E-state index in [1.807, 2.05) is 0 Å². The Balaban J connectivity index is 1.74. The van der Waals surface area contributed by atoms with E-state index in [1.54, 1.807) is 42.7 Å². The fourth-order valence-electron chi connectivity index (χ4n) is 3.96. The van der Waals surface area contributed by atoms with E-state index in [4.69, 9.17) is 4.74 Å². The number of benzene rings is 1. The van der Waals surface area contributed by atoms with Gasteiger partial charge in [-0.1, -0.05) is 18.2 Å². The summed E-state index contributed by atoms with van der Waals surface area (Å²) in [5.74, 6) is 0. The maximum Gasteiger partial charge on any atom is 0.208 e. The number of ether oxygens (including phenoxy) is 1. The Morgan fingerprint density at radius 3 is 2.70 bits per heavy atom. The van der Waals surface area contributed by atoms with Gasteiger partial charge in [-0.2, -0.15) is 5.10 Å². The lowest BCUT2D eigenvalue weighted by Gasteiger charge is -2.22. The maximum absolute atomic E-state index is 13.6. The summed E-state index contributed by atoms with van der Waals surface area (Å²) in [4.78, 5) is 7.93. The number of pyridine rings is 1. The summed E-state index contributed by atoms with van der Waals surface area (Å²) < 4.78 is 33.5. The number of sulfone groups is 1. The molecule has 154 valence electrons. The molecule has 1 unspecified atom stereocenters. The zero-order chi connectivity index (χ0) is 20.7. The van der Waals surface area contributed by atoms with Gasteiger partial charge in [0.15, 0.2) is 0 Å². The topological polar surface area (TPSA) is 101 Å². The van der Waals surface area contributed by atoms with Crippen molar-refractivity contribution < 1.29 is 13.2 Å². The zero-order valence-electron chi connectivity index (χ0n) is 15.9. The van der Waals surface area contributed by atoms with Crippen molar-refractivity contribution in [3.8, 4) is 11.1 Å². The van der Waals surface area contributed by atoms with E-state index in [1.165, 1.54) is 6.20 Å². The van der Waals surface area contributed by atoms with Gasteiger partial charge < -0.3 is 9.72 Å². The molecule has 1 aromatic carbocycles. The highest BCUT2D eigenvalue weighted by Gasteiger charge is 2.29. The standard InChI is InChI=1S/C21H19BrN4O3S/c22-16-12-24-21-18(20(16)30(27,28)13-6-2-1-3-7-13)14(10-23-21)15-11-25-26-19(15)17-8-4-5-9-29-17/h1-3,6-7,10-12,17H,4-5,8-9H2,(H,23,24)(H,25,26). The summed E-state index contributed by atoms with van der Waals surface area (Å²) in [6, 6.07) is 8.41. The second-order valence-electron chi connectivity index (χ2n) is 7.23. The highest BCUT2D eigenvalue weighted by Crippen LogP contribution is 2.41. The number of hydrogen-bond donors (Lipinski definition) is 2. The summed E-state index contributed by atoms with van der Waals surface area (Å²) in [5.41, 5.74) is 2.90. The molecule has 7 nitrogen and oxygen atoms in total. The summed E-state index contributed by atoms with van der Waals surface area (Å²) in [5, 5.41) is 7.83. The van der Waals surface area contributed by atoms with Crippen molar-refractivity contribution in [3.63, 3.8) is 0 Å². The second-order valence-corrected chi connectivity index (χ2v) is 9.97. The Hall–Kier alpha value is -2.49. The average molecular weight is 487 g/mol. The quantitative estimate of drug-likeness (QED) is 0.431. The van der Waals surface area contributed by atoms with Gasteiger partial charge in [0.05, 0.1) is 32.3 Å². The van der Waals surface area contributed by atoms with Crippen LogP contribution in [-0.4, -0.2) is 35.2 Å². The Kier molecular flexibility index (Phi) is 4.96. The van der Waals surface area contributed by atoms with Crippen LogP contribution in [0.2, 0.25) is 0 Å². The molecule has 0 amide bonds. The number of halogens is 1. The summed E-state index contributed by atoms with van der Waals surface area (Å²) in [6.07, 6.45) is 7.95. The smallest absolute Gasteiger partial charge is 0.208 e. The fourth-order valence-corrected chi connectivity index (χ4v) is 6.44. The van der Waals surface area contributed by atoms with Crippen LogP contribution >= 0.6 is 15.9 Å². The van der Waals surface area contributed by atoms with E-state index in [0.717, 1.165) is 36.1 Å². The molecule has 5 rings (SSSR count). The first-order valence-corrected chi connectivity index (χ1v) is 12.0. The number of nitrogens with one attached hydrogen (secondary N) is 2. The van der Waals surface area contributed by atoms with Crippen molar-refractivity contribution in [2.75, 3.05) is 6.61 Å². The molecule has 0 saturated carbocycles. The van der Waals surface area contributed by atoms with E-state index in [0.29, 0.717) is 22.1 Å². The summed E-state index contributed by atoms with van der Waals surface area (Å²) >= 11 is 3.42. The molecule has 9 heteroatoms. The molecule has 0 aliphatic carbocycles. The monoisotopic (exact) mass is 486 g/mol. The van der Waals surface area contributed by atoms with Gasteiger partial charge >= 0.3 is 0 Å². The predicted octanol–water partition coefficient (Wildman–Crippen LogP) is 4.79. The zero-order valence-corrected chi connectivity index (χ0v) is 18.3. The Morgan fingerprint density at radius 2 is 1.93 bits per heavy atom. The largest absolute Gasteiger partial charge is 0.372 e. The van der Waals surface area contributed by atoms with Crippen molar-refractivity contribution in [2.45, 2.75) is 35.2 Å². The van der Waals surface area contributed by atoms with Gasteiger partial charge in [0.25, 0.3) is 0 Å². The first kappa shape index (κ1) is 19.5. The van der Waals surface area contributed by atoms with E-state index in [2.05, 4.69) is 36.1 Å². The Morgan fingerprint density at radius 1 is 1.10 bits per heavy atom. The Bertz CT molecular complexity index is 1310. The van der Waals surface area contributed by atoms with E-state index < -0.39 is 9.84 Å². The molecule has 30 heavy (non-hydrogen) atoms. The number of hydrogen-bond acceptors (Lipinski definition) is 5. The highest BCUT2D eigenvalue weighted by atomic mass is 79.9. The van der Waals surface area contributed by atoms with Crippen LogP contribution in [-0.2, 0) is 14.6 Å². The molecule has 2 N–H and O–H groups in total. The minimum absolute atomic E-state index is 0.0875. The molecule has 4 aromatic rings. The van der Waals surface area contributed by atoms with Gasteiger partial charge in [0, 0.05) is 35.5 Å². The van der Waals surface area contributed by atoms with E-state index in [9.17, 15) is 8.42 Å². The minimum atomic E-state index is -3.79. The number of nitrogens with zero attached hydrogens (tertiary/aromatic N) is 2. The molecule has 0 bridgehead atoms. The van der Waals surface area contributed by atoms with Gasteiger partial charge in [-0.25, -0.2) is 13.4 Å². The second kappa shape index (κ2) is 7.64. The maximum atomic E-state index is 13.6. The van der Waals surface area contributed by atoms with Crippen LogP contribution in [0.25, 0.3) is 22.2 Å². The summed E-state index contributed by atoms with van der Waals surface area (Å²) in [7, 11) is -3.79. The summed E-state index contributed by atoms with van der Waals surface area (Å²) in [6.45, 7) is 0.706.